The summed E-state index contributed by atoms with van der Waals surface area (Å²) in [6, 6.07) is 10.6. The molecule has 0 aromatic heterocycles. The largest absolute Gasteiger partial charge is 0.326 e. The normalized spacial score (nSPS) is 16.9. The number of rotatable bonds is 1. The van der Waals surface area contributed by atoms with Crippen molar-refractivity contribution in [1.82, 2.24) is 0 Å². The summed E-state index contributed by atoms with van der Waals surface area (Å²) in [5.41, 5.74) is 2.36. The van der Waals surface area contributed by atoms with E-state index in [0.717, 1.165) is 5.56 Å². The quantitative estimate of drug-likeness (QED) is 0.834. The number of urea groups is 1. The number of para-hydroxylation sites is 2. The van der Waals surface area contributed by atoms with Crippen molar-refractivity contribution in [2.75, 3.05) is 15.5 Å². The van der Waals surface area contributed by atoms with Crippen molar-refractivity contribution in [2.45, 2.75) is 26.3 Å². The van der Waals surface area contributed by atoms with Crippen LogP contribution in [0.1, 0.15) is 18.9 Å². The molecule has 1 heterocycles. The van der Waals surface area contributed by atoms with E-state index in [-0.39, 0.29) is 18.4 Å². The SMILES string of the molecule is Cc1ccc(F)cc1NC(=O)N1c2ccccc2NC(=O)C[C@@H]1C. The molecule has 3 amide bonds. The molecule has 2 N–H and O–H groups in total. The predicted octanol–water partition coefficient (Wildman–Crippen LogP) is 3.90. The first-order chi connectivity index (χ1) is 11.5. The molecule has 3 rings (SSSR count). The monoisotopic (exact) mass is 327 g/mol. The lowest BCUT2D eigenvalue weighted by Crippen LogP contribution is -2.42. The average molecular weight is 327 g/mol. The third kappa shape index (κ3) is 3.08. The summed E-state index contributed by atoms with van der Waals surface area (Å²) >= 11 is 0. The van der Waals surface area contributed by atoms with Gasteiger partial charge in [-0.25, -0.2) is 9.18 Å². The minimum Gasteiger partial charge on any atom is -0.324 e. The van der Waals surface area contributed by atoms with Crippen LogP contribution in [0.3, 0.4) is 0 Å². The van der Waals surface area contributed by atoms with Crippen molar-refractivity contribution in [3.8, 4) is 0 Å². The van der Waals surface area contributed by atoms with Gasteiger partial charge in [0.2, 0.25) is 5.91 Å². The number of carbonyl (C=O) groups excluding carboxylic acids is 2. The van der Waals surface area contributed by atoms with Crippen molar-refractivity contribution in [3.63, 3.8) is 0 Å². The molecule has 0 bridgehead atoms. The van der Waals surface area contributed by atoms with Gasteiger partial charge in [-0.1, -0.05) is 18.2 Å². The van der Waals surface area contributed by atoms with Gasteiger partial charge in [0, 0.05) is 18.2 Å². The third-order valence-corrected chi connectivity index (χ3v) is 4.02. The number of fused-ring (bicyclic) bond motifs is 1. The molecule has 6 heteroatoms. The van der Waals surface area contributed by atoms with E-state index >= 15 is 0 Å². The number of anilines is 3. The molecule has 0 unspecified atom stereocenters. The Kier molecular flexibility index (Phi) is 4.20. The highest BCUT2D eigenvalue weighted by Gasteiger charge is 2.29. The Morgan fingerprint density at radius 3 is 2.83 bits per heavy atom. The molecule has 1 atom stereocenters. The molecular weight excluding hydrogens is 309 g/mol. The second kappa shape index (κ2) is 6.31. The van der Waals surface area contributed by atoms with Crippen molar-refractivity contribution in [3.05, 3.63) is 53.8 Å². The first-order valence-electron chi connectivity index (χ1n) is 7.71. The number of nitrogens with one attached hydrogen (secondary N) is 2. The molecule has 2 aromatic rings. The van der Waals surface area contributed by atoms with Crippen molar-refractivity contribution in [1.29, 1.82) is 0 Å². The Morgan fingerprint density at radius 2 is 2.04 bits per heavy atom. The first kappa shape index (κ1) is 16.0. The average Bonchev–Trinajstić information content (AvgIpc) is 2.65. The summed E-state index contributed by atoms with van der Waals surface area (Å²) in [7, 11) is 0. The Balaban J connectivity index is 1.96. The fourth-order valence-corrected chi connectivity index (χ4v) is 2.80. The zero-order valence-electron chi connectivity index (χ0n) is 13.5. The lowest BCUT2D eigenvalue weighted by molar-refractivity contribution is -0.116. The van der Waals surface area contributed by atoms with Crippen LogP contribution in [0.5, 0.6) is 0 Å². The lowest BCUT2D eigenvalue weighted by atomic mass is 10.1. The van der Waals surface area contributed by atoms with Crippen LogP contribution in [-0.2, 0) is 4.79 Å². The predicted molar refractivity (Wildman–Crippen MR) is 91.8 cm³/mol. The molecule has 0 aliphatic carbocycles. The molecule has 24 heavy (non-hydrogen) atoms. The summed E-state index contributed by atoms with van der Waals surface area (Å²) in [4.78, 5) is 26.3. The van der Waals surface area contributed by atoms with Crippen LogP contribution >= 0.6 is 0 Å². The fraction of sp³-hybridized carbons (Fsp3) is 0.222. The van der Waals surface area contributed by atoms with Crippen molar-refractivity contribution >= 4 is 29.0 Å². The van der Waals surface area contributed by atoms with E-state index in [9.17, 15) is 14.0 Å². The highest BCUT2D eigenvalue weighted by atomic mass is 19.1. The van der Waals surface area contributed by atoms with Gasteiger partial charge in [-0.15, -0.1) is 0 Å². The van der Waals surface area contributed by atoms with Gasteiger partial charge in [-0.2, -0.15) is 0 Å². The van der Waals surface area contributed by atoms with Gasteiger partial charge in [-0.05, 0) is 43.7 Å². The Morgan fingerprint density at radius 1 is 1.29 bits per heavy atom. The molecule has 0 saturated heterocycles. The third-order valence-electron chi connectivity index (χ3n) is 4.02. The van der Waals surface area contributed by atoms with E-state index in [1.54, 1.807) is 44.2 Å². The molecule has 5 nitrogen and oxygen atoms in total. The van der Waals surface area contributed by atoms with Gasteiger partial charge >= 0.3 is 6.03 Å². The van der Waals surface area contributed by atoms with Crippen LogP contribution in [0.15, 0.2) is 42.5 Å². The topological polar surface area (TPSA) is 61.4 Å². The van der Waals surface area contributed by atoms with E-state index in [0.29, 0.717) is 17.1 Å². The number of amides is 3. The van der Waals surface area contributed by atoms with E-state index in [4.69, 9.17) is 0 Å². The molecule has 0 saturated carbocycles. The zero-order valence-corrected chi connectivity index (χ0v) is 13.5. The molecule has 2 aromatic carbocycles. The van der Waals surface area contributed by atoms with Crippen LogP contribution in [0.25, 0.3) is 0 Å². The Bertz CT molecular complexity index is 807. The molecule has 0 spiro atoms. The van der Waals surface area contributed by atoms with Gasteiger partial charge in [0.05, 0.1) is 11.4 Å². The summed E-state index contributed by atoms with van der Waals surface area (Å²) in [6.45, 7) is 3.60. The summed E-state index contributed by atoms with van der Waals surface area (Å²) in [5.74, 6) is -0.566. The molecule has 1 aliphatic heterocycles. The highest BCUT2D eigenvalue weighted by molar-refractivity contribution is 6.08. The molecular formula is C18H18FN3O2. The van der Waals surface area contributed by atoms with Gasteiger partial charge in [-0.3, -0.25) is 9.69 Å². The molecule has 0 fully saturated rings. The second-order valence-corrected chi connectivity index (χ2v) is 5.88. The number of benzene rings is 2. The Hall–Kier alpha value is -2.89. The minimum absolute atomic E-state index is 0.146. The second-order valence-electron chi connectivity index (χ2n) is 5.88. The number of hydrogen-bond donors (Lipinski definition) is 2. The number of carbonyl (C=O) groups is 2. The van der Waals surface area contributed by atoms with E-state index in [1.807, 2.05) is 0 Å². The maximum absolute atomic E-state index is 13.5. The van der Waals surface area contributed by atoms with Gasteiger partial charge in [0.25, 0.3) is 0 Å². The number of nitrogens with zero attached hydrogens (tertiary/aromatic N) is 1. The van der Waals surface area contributed by atoms with Crippen LogP contribution < -0.4 is 15.5 Å². The molecule has 124 valence electrons. The minimum atomic E-state index is -0.419. The highest BCUT2D eigenvalue weighted by Crippen LogP contribution is 2.32. The van der Waals surface area contributed by atoms with Crippen molar-refractivity contribution < 1.29 is 14.0 Å². The van der Waals surface area contributed by atoms with Crippen molar-refractivity contribution in [2.24, 2.45) is 0 Å². The smallest absolute Gasteiger partial charge is 0.324 e. The van der Waals surface area contributed by atoms with Gasteiger partial charge in [0.15, 0.2) is 0 Å². The van der Waals surface area contributed by atoms with E-state index in [1.165, 1.54) is 17.0 Å². The summed E-state index contributed by atoms with van der Waals surface area (Å²) < 4.78 is 13.5. The van der Waals surface area contributed by atoms with Crippen LogP contribution in [0.2, 0.25) is 0 Å². The van der Waals surface area contributed by atoms with E-state index in [2.05, 4.69) is 10.6 Å². The van der Waals surface area contributed by atoms with E-state index < -0.39 is 11.8 Å². The fourth-order valence-electron chi connectivity index (χ4n) is 2.80. The van der Waals surface area contributed by atoms with Gasteiger partial charge in [0.1, 0.15) is 5.82 Å². The number of aryl methyl sites for hydroxylation is 1. The summed E-state index contributed by atoms with van der Waals surface area (Å²) in [5, 5.41) is 5.54. The van der Waals surface area contributed by atoms with Gasteiger partial charge < -0.3 is 10.6 Å². The maximum Gasteiger partial charge on any atom is 0.326 e. The maximum atomic E-state index is 13.5. The van der Waals surface area contributed by atoms with Crippen LogP contribution in [-0.4, -0.2) is 18.0 Å². The van der Waals surface area contributed by atoms with Crippen LogP contribution in [0.4, 0.5) is 26.2 Å². The molecule has 1 aliphatic rings. The molecule has 0 radical (unpaired) electrons. The van der Waals surface area contributed by atoms with Crippen LogP contribution in [0, 0.1) is 12.7 Å². The zero-order chi connectivity index (χ0) is 17.3. The Labute approximate surface area is 139 Å². The number of halogens is 1. The number of hydrogen-bond acceptors (Lipinski definition) is 2. The standard InChI is InChI=1S/C18H18FN3O2/c1-11-7-8-13(19)10-15(11)21-18(24)22-12(2)9-17(23)20-14-5-3-4-6-16(14)22/h3-8,10,12H,9H2,1-2H3,(H,20,23)(H,21,24)/t12-/m0/s1. The lowest BCUT2D eigenvalue weighted by Gasteiger charge is -2.28. The first-order valence-corrected chi connectivity index (χ1v) is 7.71. The summed E-state index contributed by atoms with van der Waals surface area (Å²) in [6.07, 6.45) is 0.185.